The number of amides is 3. The smallest absolute Gasteiger partial charge is 0.240 e. The molecule has 2 saturated heterocycles. The molecular formula is C16H14N2O3. The highest BCUT2D eigenvalue weighted by Crippen LogP contribution is 2.46. The molecule has 5 nitrogen and oxygen atoms in total. The van der Waals surface area contributed by atoms with Crippen LogP contribution in [0.25, 0.3) is 0 Å². The second-order valence-electron chi connectivity index (χ2n) is 5.75. The van der Waals surface area contributed by atoms with Crippen LogP contribution < -0.4 is 4.90 Å². The van der Waals surface area contributed by atoms with Crippen molar-refractivity contribution in [1.82, 2.24) is 4.90 Å². The number of rotatable bonds is 1. The molecule has 0 spiro atoms. The number of anilines is 1. The van der Waals surface area contributed by atoms with Gasteiger partial charge in [0, 0.05) is 7.05 Å². The summed E-state index contributed by atoms with van der Waals surface area (Å²) in [6.07, 6.45) is 3.67. The summed E-state index contributed by atoms with van der Waals surface area (Å²) in [6.45, 7) is 0. The zero-order valence-corrected chi connectivity index (χ0v) is 11.5. The molecule has 3 aliphatic heterocycles. The molecule has 4 atom stereocenters. The van der Waals surface area contributed by atoms with E-state index in [0.717, 1.165) is 0 Å². The summed E-state index contributed by atoms with van der Waals surface area (Å²) in [6, 6.07) is 8.61. The summed E-state index contributed by atoms with van der Waals surface area (Å²) in [7, 11) is 1.70. The summed E-state index contributed by atoms with van der Waals surface area (Å²) in [5.41, 5.74) is 0.580. The molecule has 106 valence electrons. The van der Waals surface area contributed by atoms with Gasteiger partial charge < -0.3 is 4.90 Å². The van der Waals surface area contributed by atoms with Gasteiger partial charge in [0.25, 0.3) is 0 Å². The quantitative estimate of drug-likeness (QED) is 0.566. The Morgan fingerprint density at radius 3 is 2.24 bits per heavy atom. The van der Waals surface area contributed by atoms with Crippen molar-refractivity contribution in [2.45, 2.75) is 6.04 Å². The van der Waals surface area contributed by atoms with Gasteiger partial charge in [-0.15, -0.1) is 0 Å². The van der Waals surface area contributed by atoms with E-state index < -0.39 is 17.8 Å². The van der Waals surface area contributed by atoms with Crippen molar-refractivity contribution in [2.75, 3.05) is 11.9 Å². The Balaban J connectivity index is 1.80. The first-order chi connectivity index (χ1) is 10.1. The van der Waals surface area contributed by atoms with Crippen molar-refractivity contribution in [1.29, 1.82) is 0 Å². The largest absolute Gasteiger partial charge is 0.338 e. The molecule has 3 heterocycles. The minimum atomic E-state index is -0.545. The number of benzene rings is 1. The Labute approximate surface area is 121 Å². The number of likely N-dealkylation sites (N-methyl/N-ethyl adjacent to an activating group) is 1. The molecule has 21 heavy (non-hydrogen) atoms. The summed E-state index contributed by atoms with van der Waals surface area (Å²) >= 11 is 0. The number of carbonyl (C=O) groups excluding carboxylic acids is 3. The number of fused-ring (bicyclic) bond motifs is 1. The fourth-order valence-corrected chi connectivity index (χ4v) is 3.74. The fraction of sp³-hybridized carbons (Fsp3) is 0.312. The highest BCUT2D eigenvalue weighted by atomic mass is 16.2. The zero-order valence-electron chi connectivity index (χ0n) is 11.5. The van der Waals surface area contributed by atoms with E-state index in [1.165, 1.54) is 4.90 Å². The van der Waals surface area contributed by atoms with Crippen LogP contribution in [-0.2, 0) is 14.4 Å². The number of carbonyl (C=O) groups is 3. The maximum atomic E-state index is 12.7. The van der Waals surface area contributed by atoms with Crippen molar-refractivity contribution in [3.05, 3.63) is 42.5 Å². The second kappa shape index (κ2) is 4.04. The Hall–Kier alpha value is -2.43. The van der Waals surface area contributed by atoms with Gasteiger partial charge in [0.15, 0.2) is 0 Å². The predicted octanol–water partition coefficient (Wildman–Crippen LogP) is 0.819. The van der Waals surface area contributed by atoms with E-state index in [0.29, 0.717) is 5.69 Å². The number of para-hydroxylation sites is 1. The van der Waals surface area contributed by atoms with Crippen LogP contribution in [0, 0.1) is 17.8 Å². The molecule has 0 unspecified atom stereocenters. The molecule has 0 radical (unpaired) electrons. The lowest BCUT2D eigenvalue weighted by Gasteiger charge is -2.44. The molecule has 3 amide bonds. The van der Waals surface area contributed by atoms with E-state index >= 15 is 0 Å². The normalized spacial score (nSPS) is 33.9. The van der Waals surface area contributed by atoms with Crippen molar-refractivity contribution >= 4 is 23.4 Å². The van der Waals surface area contributed by atoms with Crippen LogP contribution >= 0.6 is 0 Å². The van der Waals surface area contributed by atoms with Crippen LogP contribution in [0.15, 0.2) is 42.5 Å². The Morgan fingerprint density at radius 1 is 0.857 bits per heavy atom. The maximum absolute atomic E-state index is 12.7. The van der Waals surface area contributed by atoms with Crippen LogP contribution in [0.4, 0.5) is 5.69 Å². The molecule has 4 aliphatic rings. The minimum absolute atomic E-state index is 0.0696. The highest BCUT2D eigenvalue weighted by molar-refractivity contribution is 6.24. The van der Waals surface area contributed by atoms with Crippen molar-refractivity contribution < 1.29 is 14.4 Å². The summed E-state index contributed by atoms with van der Waals surface area (Å²) in [4.78, 5) is 40.5. The van der Waals surface area contributed by atoms with Crippen LogP contribution in [0.5, 0.6) is 0 Å². The van der Waals surface area contributed by atoms with Crippen LogP contribution in [0.3, 0.4) is 0 Å². The molecule has 2 fully saturated rings. The van der Waals surface area contributed by atoms with Crippen molar-refractivity contribution in [2.24, 2.45) is 17.8 Å². The van der Waals surface area contributed by atoms with Gasteiger partial charge in [-0.2, -0.15) is 0 Å². The first-order valence-corrected chi connectivity index (χ1v) is 6.99. The molecule has 1 aliphatic carbocycles. The molecule has 1 aromatic carbocycles. The molecule has 0 saturated carbocycles. The minimum Gasteiger partial charge on any atom is -0.338 e. The van der Waals surface area contributed by atoms with Gasteiger partial charge in [-0.1, -0.05) is 30.4 Å². The molecular weight excluding hydrogens is 268 g/mol. The summed E-state index contributed by atoms with van der Waals surface area (Å²) in [5, 5.41) is 0. The third kappa shape index (κ3) is 1.43. The maximum Gasteiger partial charge on any atom is 0.240 e. The van der Waals surface area contributed by atoms with E-state index in [-0.39, 0.29) is 23.8 Å². The number of hydrogen-bond donors (Lipinski definition) is 0. The second-order valence-corrected chi connectivity index (χ2v) is 5.75. The van der Waals surface area contributed by atoms with Crippen molar-refractivity contribution in [3.63, 3.8) is 0 Å². The summed E-state index contributed by atoms with van der Waals surface area (Å²) in [5.74, 6) is -2.02. The lowest BCUT2D eigenvalue weighted by Crippen LogP contribution is -2.57. The lowest BCUT2D eigenvalue weighted by atomic mass is 9.70. The first kappa shape index (κ1) is 12.3. The molecule has 5 rings (SSSR count). The van der Waals surface area contributed by atoms with Gasteiger partial charge in [-0.3, -0.25) is 14.4 Å². The van der Waals surface area contributed by atoms with E-state index in [1.54, 1.807) is 42.3 Å². The van der Waals surface area contributed by atoms with E-state index in [2.05, 4.69) is 0 Å². The Bertz CT molecular complexity index is 682. The van der Waals surface area contributed by atoms with E-state index in [1.807, 2.05) is 12.1 Å². The molecule has 1 aromatic rings. The van der Waals surface area contributed by atoms with Gasteiger partial charge in [-0.05, 0) is 12.1 Å². The van der Waals surface area contributed by atoms with Gasteiger partial charge in [0.05, 0.1) is 29.5 Å². The molecule has 2 bridgehead atoms. The molecule has 5 heteroatoms. The summed E-state index contributed by atoms with van der Waals surface area (Å²) < 4.78 is 0. The topological polar surface area (TPSA) is 57.7 Å². The number of piperidine rings is 1. The predicted molar refractivity (Wildman–Crippen MR) is 75.1 cm³/mol. The lowest BCUT2D eigenvalue weighted by molar-refractivity contribution is -0.148. The van der Waals surface area contributed by atoms with Gasteiger partial charge in [-0.25, -0.2) is 4.90 Å². The average Bonchev–Trinajstić information content (AvgIpc) is 2.78. The monoisotopic (exact) mass is 282 g/mol. The van der Waals surface area contributed by atoms with E-state index in [4.69, 9.17) is 0 Å². The first-order valence-electron chi connectivity index (χ1n) is 6.99. The Kier molecular flexibility index (Phi) is 2.37. The van der Waals surface area contributed by atoms with Crippen LogP contribution in [0.1, 0.15) is 0 Å². The van der Waals surface area contributed by atoms with Crippen molar-refractivity contribution in [3.8, 4) is 0 Å². The average molecular weight is 282 g/mol. The van der Waals surface area contributed by atoms with Crippen LogP contribution in [0.2, 0.25) is 0 Å². The third-order valence-corrected chi connectivity index (χ3v) is 4.76. The van der Waals surface area contributed by atoms with Gasteiger partial charge in [0.1, 0.15) is 0 Å². The highest BCUT2D eigenvalue weighted by Gasteiger charge is 2.61. The number of imide groups is 1. The molecule has 0 aromatic heterocycles. The number of nitrogens with zero attached hydrogens (tertiary/aromatic N) is 2. The fourth-order valence-electron chi connectivity index (χ4n) is 3.74. The van der Waals surface area contributed by atoms with Gasteiger partial charge >= 0.3 is 0 Å². The standard InChI is InChI=1S/C16H14N2O3/c1-17-11-8-7-10(14(17)19)12-13(11)16(21)18(15(12)20)9-5-3-2-4-6-9/h2-8,10-13H,1H3/t10-,11+,12+,13+/m0/s1. The molecule has 0 N–H and O–H groups in total. The third-order valence-electron chi connectivity index (χ3n) is 4.76. The zero-order chi connectivity index (χ0) is 14.7. The number of hydrogen-bond acceptors (Lipinski definition) is 3. The Morgan fingerprint density at radius 2 is 1.52 bits per heavy atom. The van der Waals surface area contributed by atoms with Crippen LogP contribution in [-0.4, -0.2) is 35.7 Å². The SMILES string of the molecule is CN1C(=O)[C@H]2C=C[C@@H]1[C@H]1C(=O)N(c3ccccc3)C(=O)[C@@H]12. The van der Waals surface area contributed by atoms with E-state index in [9.17, 15) is 14.4 Å². The van der Waals surface area contributed by atoms with Gasteiger partial charge in [0.2, 0.25) is 17.7 Å².